The highest BCUT2D eigenvalue weighted by Gasteiger charge is 2.16. The Morgan fingerprint density at radius 3 is 2.58 bits per heavy atom. The van der Waals surface area contributed by atoms with E-state index < -0.39 is 4.92 Å². The Morgan fingerprint density at radius 1 is 1.16 bits per heavy atom. The topological polar surface area (TPSA) is 89.5 Å². The second kappa shape index (κ2) is 9.14. The van der Waals surface area contributed by atoms with E-state index in [2.05, 4.69) is 10.5 Å². The van der Waals surface area contributed by atoms with E-state index in [0.29, 0.717) is 5.69 Å². The minimum absolute atomic E-state index is 0.0875. The normalized spacial score (nSPS) is 11.1. The molecule has 0 fully saturated rings. The van der Waals surface area contributed by atoms with Crippen LogP contribution in [0.15, 0.2) is 47.6 Å². The number of hydrogen-bond acceptors (Lipinski definition) is 4. The van der Waals surface area contributed by atoms with E-state index in [-0.39, 0.29) is 23.0 Å². The van der Waals surface area contributed by atoms with E-state index >= 15 is 0 Å². The van der Waals surface area contributed by atoms with Crippen LogP contribution < -0.4 is 5.43 Å². The molecule has 1 N–H and O–H groups in total. The number of carbonyl (C=O) groups excluding carboxylic acids is 1. The highest BCUT2D eigenvalue weighted by atomic mass is 35.5. The maximum absolute atomic E-state index is 12.2. The van der Waals surface area contributed by atoms with Crippen LogP contribution in [0.25, 0.3) is 5.69 Å². The zero-order valence-corrected chi connectivity index (χ0v) is 18.5. The smallest absolute Gasteiger partial charge is 0.289 e. The molecule has 31 heavy (non-hydrogen) atoms. The van der Waals surface area contributed by atoms with Gasteiger partial charge >= 0.3 is 0 Å². The van der Waals surface area contributed by atoms with Gasteiger partial charge in [-0.05, 0) is 57.0 Å². The quantitative estimate of drug-likeness (QED) is 0.335. The van der Waals surface area contributed by atoms with Crippen LogP contribution in [-0.4, -0.2) is 21.6 Å². The molecule has 0 bridgehead atoms. The number of hydrazone groups is 1. The highest BCUT2D eigenvalue weighted by molar-refractivity contribution is 6.32. The number of nitrogens with one attached hydrogen (secondary N) is 1. The SMILES string of the molecule is Cc1ccc(CC(=O)N/N=C/c2cc(C)n(-c3ccc(Cl)c([N+](=O)[O-])c3)c2C)c(C)c1. The van der Waals surface area contributed by atoms with E-state index in [0.717, 1.165) is 33.6 Å². The monoisotopic (exact) mass is 438 g/mol. The zero-order chi connectivity index (χ0) is 22.7. The summed E-state index contributed by atoms with van der Waals surface area (Å²) in [6.45, 7) is 7.77. The van der Waals surface area contributed by atoms with Crippen LogP contribution in [0.5, 0.6) is 0 Å². The van der Waals surface area contributed by atoms with Crippen molar-refractivity contribution >= 4 is 29.4 Å². The number of hydrogen-bond donors (Lipinski definition) is 1. The minimum atomic E-state index is -0.506. The Balaban J connectivity index is 1.76. The van der Waals surface area contributed by atoms with Gasteiger partial charge in [0.2, 0.25) is 5.91 Å². The summed E-state index contributed by atoms with van der Waals surface area (Å²) in [5.41, 5.74) is 8.72. The van der Waals surface area contributed by atoms with Gasteiger partial charge in [-0.2, -0.15) is 5.10 Å². The van der Waals surface area contributed by atoms with Gasteiger partial charge in [-0.25, -0.2) is 5.43 Å². The largest absolute Gasteiger partial charge is 0.318 e. The van der Waals surface area contributed by atoms with Gasteiger partial charge in [0.1, 0.15) is 5.02 Å². The third kappa shape index (κ3) is 5.00. The number of aromatic nitrogens is 1. The standard InChI is InChI=1S/C23H23ClN4O3/c1-14-5-6-18(15(2)9-14)11-23(29)26-25-13-19-10-16(3)27(17(19)4)20-7-8-21(24)22(12-20)28(30)31/h5-10,12-13H,11H2,1-4H3,(H,26,29)/b25-13+. The average molecular weight is 439 g/mol. The molecule has 0 aliphatic carbocycles. The first-order valence-corrected chi connectivity index (χ1v) is 10.1. The summed E-state index contributed by atoms with van der Waals surface area (Å²) >= 11 is 5.92. The summed E-state index contributed by atoms with van der Waals surface area (Å²) in [6, 6.07) is 12.5. The van der Waals surface area contributed by atoms with E-state index in [1.807, 2.05) is 56.5 Å². The number of amides is 1. The second-order valence-corrected chi connectivity index (χ2v) is 7.86. The molecule has 0 unspecified atom stereocenters. The zero-order valence-electron chi connectivity index (χ0n) is 17.8. The number of aryl methyl sites for hydroxylation is 3. The Hall–Kier alpha value is -3.45. The molecule has 8 heteroatoms. The summed E-state index contributed by atoms with van der Waals surface area (Å²) in [5.74, 6) is -0.203. The number of nitro benzene ring substituents is 1. The first-order chi connectivity index (χ1) is 14.7. The molecule has 3 rings (SSSR count). The highest BCUT2D eigenvalue weighted by Crippen LogP contribution is 2.29. The van der Waals surface area contributed by atoms with Crippen LogP contribution in [0.3, 0.4) is 0 Å². The fourth-order valence-corrected chi connectivity index (χ4v) is 3.71. The molecule has 7 nitrogen and oxygen atoms in total. The van der Waals surface area contributed by atoms with Crippen LogP contribution in [0, 0.1) is 37.8 Å². The molecule has 0 aliphatic heterocycles. The molecule has 1 aromatic heterocycles. The van der Waals surface area contributed by atoms with E-state index in [4.69, 9.17) is 11.6 Å². The van der Waals surface area contributed by atoms with Crippen molar-refractivity contribution in [2.24, 2.45) is 5.10 Å². The van der Waals surface area contributed by atoms with Crippen molar-refractivity contribution < 1.29 is 9.72 Å². The van der Waals surface area contributed by atoms with Gasteiger partial charge < -0.3 is 4.57 Å². The Kier molecular flexibility index (Phi) is 6.56. The van der Waals surface area contributed by atoms with E-state index in [1.165, 1.54) is 12.1 Å². The summed E-state index contributed by atoms with van der Waals surface area (Å²) < 4.78 is 1.88. The lowest BCUT2D eigenvalue weighted by Crippen LogP contribution is -2.20. The van der Waals surface area contributed by atoms with Crippen LogP contribution in [-0.2, 0) is 11.2 Å². The Morgan fingerprint density at radius 2 is 1.90 bits per heavy atom. The van der Waals surface area contributed by atoms with Crippen molar-refractivity contribution in [3.63, 3.8) is 0 Å². The molecule has 0 aliphatic rings. The van der Waals surface area contributed by atoms with Crippen molar-refractivity contribution in [3.05, 3.63) is 91.2 Å². The fourth-order valence-electron chi connectivity index (χ4n) is 3.53. The molecule has 0 atom stereocenters. The minimum Gasteiger partial charge on any atom is -0.318 e. The third-order valence-electron chi connectivity index (χ3n) is 5.10. The predicted molar refractivity (Wildman–Crippen MR) is 122 cm³/mol. The van der Waals surface area contributed by atoms with Crippen LogP contribution in [0.2, 0.25) is 5.02 Å². The van der Waals surface area contributed by atoms with Crippen LogP contribution >= 0.6 is 11.6 Å². The maximum atomic E-state index is 12.2. The lowest BCUT2D eigenvalue weighted by molar-refractivity contribution is -0.384. The number of halogens is 1. The van der Waals surface area contributed by atoms with Gasteiger partial charge in [0.25, 0.3) is 5.69 Å². The predicted octanol–water partition coefficient (Wildman–Crippen LogP) is 4.97. The molecule has 2 aromatic carbocycles. The van der Waals surface area contributed by atoms with Crippen molar-refractivity contribution in [2.75, 3.05) is 0 Å². The van der Waals surface area contributed by atoms with Gasteiger partial charge in [0, 0.05) is 23.0 Å². The molecule has 1 amide bonds. The first-order valence-electron chi connectivity index (χ1n) is 9.68. The van der Waals surface area contributed by atoms with Gasteiger partial charge in [0.15, 0.2) is 0 Å². The van der Waals surface area contributed by atoms with Crippen molar-refractivity contribution in [1.82, 2.24) is 9.99 Å². The average Bonchev–Trinajstić information content (AvgIpc) is 2.98. The molecular weight excluding hydrogens is 416 g/mol. The lowest BCUT2D eigenvalue weighted by Gasteiger charge is -2.10. The Bertz CT molecular complexity index is 1200. The van der Waals surface area contributed by atoms with Crippen LogP contribution in [0.4, 0.5) is 5.69 Å². The summed E-state index contributed by atoms with van der Waals surface area (Å²) in [5, 5.41) is 15.4. The Labute approximate surface area is 185 Å². The van der Waals surface area contributed by atoms with Gasteiger partial charge in [-0.1, -0.05) is 35.4 Å². The maximum Gasteiger partial charge on any atom is 0.289 e. The summed E-state index contributed by atoms with van der Waals surface area (Å²) in [6.07, 6.45) is 1.82. The molecule has 0 saturated heterocycles. The molecule has 160 valence electrons. The number of nitro groups is 1. The van der Waals surface area contributed by atoms with Gasteiger partial charge in [-0.15, -0.1) is 0 Å². The lowest BCUT2D eigenvalue weighted by atomic mass is 10.0. The molecule has 3 aromatic rings. The van der Waals surface area contributed by atoms with Crippen molar-refractivity contribution in [2.45, 2.75) is 34.1 Å². The summed E-state index contributed by atoms with van der Waals surface area (Å²) in [4.78, 5) is 22.9. The number of rotatable bonds is 6. The molecule has 0 radical (unpaired) electrons. The fraction of sp³-hybridized carbons (Fsp3) is 0.217. The van der Waals surface area contributed by atoms with Crippen LogP contribution in [0.1, 0.15) is 33.6 Å². The van der Waals surface area contributed by atoms with Crippen molar-refractivity contribution in [3.8, 4) is 5.69 Å². The number of benzene rings is 2. The molecule has 0 saturated carbocycles. The first kappa shape index (κ1) is 22.2. The molecule has 1 heterocycles. The third-order valence-corrected chi connectivity index (χ3v) is 5.42. The molecule has 0 spiro atoms. The second-order valence-electron chi connectivity index (χ2n) is 7.45. The van der Waals surface area contributed by atoms with Crippen molar-refractivity contribution in [1.29, 1.82) is 0 Å². The van der Waals surface area contributed by atoms with E-state index in [9.17, 15) is 14.9 Å². The van der Waals surface area contributed by atoms with Gasteiger partial charge in [-0.3, -0.25) is 14.9 Å². The van der Waals surface area contributed by atoms with E-state index in [1.54, 1.807) is 12.3 Å². The number of carbonyl (C=O) groups is 1. The summed E-state index contributed by atoms with van der Waals surface area (Å²) in [7, 11) is 0. The van der Waals surface area contributed by atoms with Gasteiger partial charge in [0.05, 0.1) is 23.2 Å². The molecular formula is C23H23ClN4O3. The number of nitrogens with zero attached hydrogens (tertiary/aromatic N) is 3.